The first-order valence-electron chi connectivity index (χ1n) is 6.00. The Labute approximate surface area is 102 Å². The molecule has 3 heteroatoms. The van der Waals surface area contributed by atoms with Gasteiger partial charge in [-0.3, -0.25) is 4.79 Å². The smallest absolute Gasteiger partial charge is 0.165 e. The third-order valence-electron chi connectivity index (χ3n) is 2.53. The van der Waals surface area contributed by atoms with Gasteiger partial charge in [0.2, 0.25) is 0 Å². The number of ether oxygens (including phenoxy) is 1. The summed E-state index contributed by atoms with van der Waals surface area (Å²) >= 11 is 0. The van der Waals surface area contributed by atoms with Crippen LogP contribution >= 0.6 is 0 Å². The SMILES string of the molecule is CCC(=O)c1ccc(F)c(OCCC(C)C)c1. The van der Waals surface area contributed by atoms with E-state index in [1.54, 1.807) is 6.92 Å². The highest BCUT2D eigenvalue weighted by Gasteiger charge is 2.09. The molecule has 2 nitrogen and oxygen atoms in total. The second-order valence-electron chi connectivity index (χ2n) is 4.45. The Kier molecular flexibility index (Phi) is 5.13. The lowest BCUT2D eigenvalue weighted by molar-refractivity contribution is 0.0987. The van der Waals surface area contributed by atoms with E-state index in [-0.39, 0.29) is 11.5 Å². The third kappa shape index (κ3) is 4.17. The van der Waals surface area contributed by atoms with Crippen LogP contribution in [-0.4, -0.2) is 12.4 Å². The number of Topliss-reactive ketones (excluding diaryl/α,β-unsaturated/α-hetero) is 1. The van der Waals surface area contributed by atoms with Crippen LogP contribution in [0.1, 0.15) is 44.0 Å². The largest absolute Gasteiger partial charge is 0.490 e. The van der Waals surface area contributed by atoms with E-state index in [2.05, 4.69) is 13.8 Å². The molecule has 0 saturated carbocycles. The van der Waals surface area contributed by atoms with Crippen LogP contribution in [-0.2, 0) is 0 Å². The number of ketones is 1. The molecule has 0 fully saturated rings. The Balaban J connectivity index is 2.73. The van der Waals surface area contributed by atoms with E-state index in [0.717, 1.165) is 6.42 Å². The maximum absolute atomic E-state index is 13.4. The molecule has 0 heterocycles. The fourth-order valence-electron chi connectivity index (χ4n) is 1.40. The zero-order valence-electron chi connectivity index (χ0n) is 10.6. The van der Waals surface area contributed by atoms with Gasteiger partial charge in [0.25, 0.3) is 0 Å². The van der Waals surface area contributed by atoms with Crippen LogP contribution in [0.4, 0.5) is 4.39 Å². The molecule has 0 aromatic heterocycles. The molecule has 0 aliphatic heterocycles. The zero-order valence-corrected chi connectivity index (χ0v) is 10.6. The highest BCUT2D eigenvalue weighted by Crippen LogP contribution is 2.20. The Morgan fingerprint density at radius 1 is 1.41 bits per heavy atom. The standard InChI is InChI=1S/C14H19FO2/c1-4-13(16)11-5-6-12(15)14(9-11)17-8-7-10(2)3/h5-6,9-10H,4,7-8H2,1-3H3. The molecule has 0 unspecified atom stereocenters. The van der Waals surface area contributed by atoms with Crippen LogP contribution in [0.2, 0.25) is 0 Å². The summed E-state index contributed by atoms with van der Waals surface area (Å²) in [6, 6.07) is 4.27. The van der Waals surface area contributed by atoms with E-state index < -0.39 is 5.82 Å². The minimum absolute atomic E-state index is 0.00119. The van der Waals surface area contributed by atoms with Gasteiger partial charge in [-0.25, -0.2) is 4.39 Å². The minimum atomic E-state index is -0.415. The summed E-state index contributed by atoms with van der Waals surface area (Å²) < 4.78 is 18.8. The van der Waals surface area contributed by atoms with Gasteiger partial charge in [-0.1, -0.05) is 20.8 Å². The normalized spacial score (nSPS) is 10.6. The van der Waals surface area contributed by atoms with Gasteiger partial charge >= 0.3 is 0 Å². The van der Waals surface area contributed by atoms with Crippen LogP contribution in [0, 0.1) is 11.7 Å². The molecular weight excluding hydrogens is 219 g/mol. The van der Waals surface area contributed by atoms with E-state index in [4.69, 9.17) is 4.74 Å². The average Bonchev–Trinajstić information content (AvgIpc) is 2.30. The molecule has 94 valence electrons. The van der Waals surface area contributed by atoms with Crippen LogP contribution in [0.25, 0.3) is 0 Å². The van der Waals surface area contributed by atoms with Crippen molar-refractivity contribution >= 4 is 5.78 Å². The summed E-state index contributed by atoms with van der Waals surface area (Å²) in [4.78, 5) is 11.5. The highest BCUT2D eigenvalue weighted by molar-refractivity contribution is 5.96. The second kappa shape index (κ2) is 6.38. The summed E-state index contributed by atoms with van der Waals surface area (Å²) in [5.74, 6) is 0.267. The van der Waals surface area contributed by atoms with Crippen molar-refractivity contribution in [1.29, 1.82) is 0 Å². The Bertz CT molecular complexity index is 386. The van der Waals surface area contributed by atoms with Crippen LogP contribution in [0.3, 0.4) is 0 Å². The number of carbonyl (C=O) groups excluding carboxylic acids is 1. The number of hydrogen-bond donors (Lipinski definition) is 0. The lowest BCUT2D eigenvalue weighted by Crippen LogP contribution is -2.04. The molecule has 0 bridgehead atoms. The predicted octanol–water partition coefficient (Wildman–Crippen LogP) is 3.84. The average molecular weight is 238 g/mol. The summed E-state index contributed by atoms with van der Waals surface area (Å²) in [6.45, 7) is 6.41. The van der Waals surface area contributed by atoms with Gasteiger partial charge in [-0.2, -0.15) is 0 Å². The molecule has 0 radical (unpaired) electrons. The second-order valence-corrected chi connectivity index (χ2v) is 4.45. The molecular formula is C14H19FO2. The summed E-state index contributed by atoms with van der Waals surface area (Å²) in [5.41, 5.74) is 0.508. The Morgan fingerprint density at radius 2 is 2.12 bits per heavy atom. The molecule has 0 aliphatic carbocycles. The van der Waals surface area contributed by atoms with Gasteiger partial charge in [-0.15, -0.1) is 0 Å². The lowest BCUT2D eigenvalue weighted by atomic mass is 10.1. The third-order valence-corrected chi connectivity index (χ3v) is 2.53. The van der Waals surface area contributed by atoms with E-state index >= 15 is 0 Å². The molecule has 17 heavy (non-hydrogen) atoms. The molecule has 0 aliphatic rings. The molecule has 0 amide bonds. The van der Waals surface area contributed by atoms with Gasteiger partial charge in [0, 0.05) is 12.0 Å². The maximum atomic E-state index is 13.4. The lowest BCUT2D eigenvalue weighted by Gasteiger charge is -2.10. The van der Waals surface area contributed by atoms with E-state index in [1.165, 1.54) is 18.2 Å². The maximum Gasteiger partial charge on any atom is 0.165 e. The van der Waals surface area contributed by atoms with Crippen molar-refractivity contribution in [3.05, 3.63) is 29.6 Å². The van der Waals surface area contributed by atoms with Gasteiger partial charge in [0.15, 0.2) is 17.3 Å². The first-order valence-corrected chi connectivity index (χ1v) is 6.00. The van der Waals surface area contributed by atoms with E-state index in [1.807, 2.05) is 0 Å². The van der Waals surface area contributed by atoms with Crippen molar-refractivity contribution in [3.63, 3.8) is 0 Å². The van der Waals surface area contributed by atoms with Crippen LogP contribution in [0.15, 0.2) is 18.2 Å². The van der Waals surface area contributed by atoms with Gasteiger partial charge < -0.3 is 4.74 Å². The van der Waals surface area contributed by atoms with Crippen molar-refractivity contribution in [2.75, 3.05) is 6.61 Å². The number of rotatable bonds is 6. The Morgan fingerprint density at radius 3 is 2.71 bits per heavy atom. The molecule has 0 saturated heterocycles. The zero-order chi connectivity index (χ0) is 12.8. The molecule has 1 rings (SSSR count). The number of benzene rings is 1. The van der Waals surface area contributed by atoms with E-state index in [0.29, 0.717) is 24.5 Å². The quantitative estimate of drug-likeness (QED) is 0.704. The molecule has 0 spiro atoms. The summed E-state index contributed by atoms with van der Waals surface area (Å²) in [6.07, 6.45) is 1.28. The van der Waals surface area contributed by atoms with E-state index in [9.17, 15) is 9.18 Å². The number of halogens is 1. The molecule has 0 N–H and O–H groups in total. The molecule has 0 atom stereocenters. The van der Waals surface area contributed by atoms with Crippen molar-refractivity contribution < 1.29 is 13.9 Å². The van der Waals surface area contributed by atoms with Crippen molar-refractivity contribution in [1.82, 2.24) is 0 Å². The van der Waals surface area contributed by atoms with Crippen LogP contribution < -0.4 is 4.74 Å². The monoisotopic (exact) mass is 238 g/mol. The first kappa shape index (κ1) is 13.7. The predicted molar refractivity (Wildman–Crippen MR) is 66.0 cm³/mol. The number of carbonyl (C=O) groups is 1. The van der Waals surface area contributed by atoms with Crippen LogP contribution in [0.5, 0.6) is 5.75 Å². The fraction of sp³-hybridized carbons (Fsp3) is 0.500. The van der Waals surface area contributed by atoms with Gasteiger partial charge in [0.1, 0.15) is 0 Å². The van der Waals surface area contributed by atoms with Gasteiger partial charge in [-0.05, 0) is 30.5 Å². The Hall–Kier alpha value is -1.38. The highest BCUT2D eigenvalue weighted by atomic mass is 19.1. The topological polar surface area (TPSA) is 26.3 Å². The van der Waals surface area contributed by atoms with Gasteiger partial charge in [0.05, 0.1) is 6.61 Å². The summed E-state index contributed by atoms with van der Waals surface area (Å²) in [5, 5.41) is 0. The van der Waals surface area contributed by atoms with Crippen molar-refractivity contribution in [2.24, 2.45) is 5.92 Å². The van der Waals surface area contributed by atoms with Crippen molar-refractivity contribution in [3.8, 4) is 5.75 Å². The number of hydrogen-bond acceptors (Lipinski definition) is 2. The molecule has 1 aromatic rings. The fourth-order valence-corrected chi connectivity index (χ4v) is 1.40. The van der Waals surface area contributed by atoms with Crippen molar-refractivity contribution in [2.45, 2.75) is 33.6 Å². The summed E-state index contributed by atoms with van der Waals surface area (Å²) in [7, 11) is 0. The minimum Gasteiger partial charge on any atom is -0.490 e. The first-order chi connectivity index (χ1) is 8.04. The molecule has 1 aromatic carbocycles.